The molecule has 1 heterocycles. The summed E-state index contributed by atoms with van der Waals surface area (Å²) in [6, 6.07) is -0.131. The summed E-state index contributed by atoms with van der Waals surface area (Å²) in [5.74, 6) is 0.505. The van der Waals surface area contributed by atoms with Gasteiger partial charge in [0, 0.05) is 0 Å². The van der Waals surface area contributed by atoms with Gasteiger partial charge in [-0.3, -0.25) is 4.79 Å². The van der Waals surface area contributed by atoms with Crippen LogP contribution in [0.15, 0.2) is 0 Å². The maximum Gasteiger partial charge on any atom is 0.323 e. The monoisotopic (exact) mass is 227 g/mol. The van der Waals surface area contributed by atoms with Crippen molar-refractivity contribution in [3.05, 3.63) is 0 Å². The molecule has 1 N–H and O–H groups in total. The second kappa shape index (κ2) is 5.67. The van der Waals surface area contributed by atoms with E-state index < -0.39 is 0 Å². The maximum atomic E-state index is 11.9. The quantitative estimate of drug-likeness (QED) is 0.749. The highest BCUT2D eigenvalue weighted by Crippen LogP contribution is 2.30. The van der Waals surface area contributed by atoms with Gasteiger partial charge in [-0.05, 0) is 37.1 Å². The highest BCUT2D eigenvalue weighted by Gasteiger charge is 2.38. The fourth-order valence-corrected chi connectivity index (χ4v) is 2.09. The third-order valence-electron chi connectivity index (χ3n) is 3.30. The molecule has 0 aliphatic carbocycles. The van der Waals surface area contributed by atoms with Crippen LogP contribution in [0.5, 0.6) is 0 Å². The lowest BCUT2D eigenvalue weighted by atomic mass is 9.77. The predicted octanol–water partition coefficient (Wildman–Crippen LogP) is 2.35. The van der Waals surface area contributed by atoms with Crippen LogP contribution in [0, 0.1) is 11.3 Å². The molecule has 1 atom stereocenters. The van der Waals surface area contributed by atoms with Crippen molar-refractivity contribution in [2.24, 2.45) is 11.3 Å². The Morgan fingerprint density at radius 3 is 2.75 bits per heavy atom. The molecule has 0 spiro atoms. The number of carbonyl (C=O) groups is 1. The van der Waals surface area contributed by atoms with Crippen LogP contribution >= 0.6 is 0 Å². The molecule has 0 bridgehead atoms. The first-order valence-electron chi connectivity index (χ1n) is 6.33. The molecule has 1 saturated heterocycles. The molecule has 0 aromatic carbocycles. The molecule has 0 amide bonds. The van der Waals surface area contributed by atoms with E-state index in [9.17, 15) is 4.79 Å². The average molecular weight is 227 g/mol. The van der Waals surface area contributed by atoms with E-state index in [4.69, 9.17) is 4.74 Å². The van der Waals surface area contributed by atoms with E-state index in [1.807, 2.05) is 0 Å². The van der Waals surface area contributed by atoms with Crippen LogP contribution < -0.4 is 5.32 Å². The maximum absolute atomic E-state index is 11.9. The van der Waals surface area contributed by atoms with Gasteiger partial charge >= 0.3 is 5.97 Å². The molecular weight excluding hydrogens is 202 g/mol. The molecule has 16 heavy (non-hydrogen) atoms. The minimum atomic E-state index is -0.131. The summed E-state index contributed by atoms with van der Waals surface area (Å²) in [6.07, 6.45) is 3.17. The molecule has 0 aromatic rings. The van der Waals surface area contributed by atoms with E-state index in [0.29, 0.717) is 12.5 Å². The molecule has 1 rings (SSSR count). The summed E-state index contributed by atoms with van der Waals surface area (Å²) < 4.78 is 5.33. The van der Waals surface area contributed by atoms with E-state index in [0.717, 1.165) is 25.8 Å². The van der Waals surface area contributed by atoms with Gasteiger partial charge in [-0.15, -0.1) is 0 Å². The molecule has 94 valence electrons. The zero-order chi connectivity index (χ0) is 12.2. The van der Waals surface area contributed by atoms with Crippen LogP contribution in [0.1, 0.15) is 47.0 Å². The molecule has 1 aliphatic rings. The topological polar surface area (TPSA) is 38.3 Å². The Morgan fingerprint density at radius 1 is 1.50 bits per heavy atom. The van der Waals surface area contributed by atoms with E-state index in [1.165, 1.54) is 0 Å². The molecule has 0 saturated carbocycles. The molecule has 3 nitrogen and oxygen atoms in total. The Hall–Kier alpha value is -0.570. The lowest BCUT2D eigenvalue weighted by molar-refractivity contribution is -0.150. The highest BCUT2D eigenvalue weighted by molar-refractivity contribution is 5.77. The largest absolute Gasteiger partial charge is 0.465 e. The van der Waals surface area contributed by atoms with E-state index in [1.54, 1.807) is 0 Å². The van der Waals surface area contributed by atoms with Crippen LogP contribution in [0.3, 0.4) is 0 Å². The molecule has 1 aliphatic heterocycles. The third-order valence-corrected chi connectivity index (χ3v) is 3.30. The molecule has 3 heteroatoms. The Balaban J connectivity index is 2.40. The Morgan fingerprint density at radius 2 is 2.19 bits per heavy atom. The third kappa shape index (κ3) is 3.78. The summed E-state index contributed by atoms with van der Waals surface area (Å²) in [4.78, 5) is 11.9. The number of carbonyl (C=O) groups excluding carboxylic acids is 1. The summed E-state index contributed by atoms with van der Waals surface area (Å²) >= 11 is 0. The van der Waals surface area contributed by atoms with Gasteiger partial charge in [-0.1, -0.05) is 27.7 Å². The number of hydrogen-bond acceptors (Lipinski definition) is 3. The molecule has 1 unspecified atom stereocenters. The van der Waals surface area contributed by atoms with Crippen LogP contribution in [0.25, 0.3) is 0 Å². The summed E-state index contributed by atoms with van der Waals surface area (Å²) in [7, 11) is 0. The van der Waals surface area contributed by atoms with Crippen LogP contribution in [0.4, 0.5) is 0 Å². The lowest BCUT2D eigenvalue weighted by Crippen LogP contribution is -2.52. The predicted molar refractivity (Wildman–Crippen MR) is 65.2 cm³/mol. The van der Waals surface area contributed by atoms with Gasteiger partial charge in [0.1, 0.15) is 6.04 Å². The summed E-state index contributed by atoms with van der Waals surface area (Å²) in [5.41, 5.74) is 0.0210. The van der Waals surface area contributed by atoms with Crippen molar-refractivity contribution in [3.8, 4) is 0 Å². The number of hydrogen-bond donors (Lipinski definition) is 1. The van der Waals surface area contributed by atoms with E-state index in [2.05, 4.69) is 33.0 Å². The Bertz CT molecular complexity index is 236. The van der Waals surface area contributed by atoms with Gasteiger partial charge in [-0.25, -0.2) is 0 Å². The van der Waals surface area contributed by atoms with Crippen molar-refractivity contribution in [3.63, 3.8) is 0 Å². The average Bonchev–Trinajstić information content (AvgIpc) is 2.16. The Labute approximate surface area is 98.9 Å². The standard InChI is InChI=1S/C13H25NO2/c1-10(2)6-9-16-12(15)11-13(3,4)7-5-8-14-11/h10-11,14H,5-9H2,1-4H3. The fourth-order valence-electron chi connectivity index (χ4n) is 2.09. The molecule has 0 aromatic heterocycles. The fraction of sp³-hybridized carbons (Fsp3) is 0.923. The number of esters is 1. The molecular formula is C13H25NO2. The van der Waals surface area contributed by atoms with Gasteiger partial charge < -0.3 is 10.1 Å². The summed E-state index contributed by atoms with van der Waals surface area (Å²) in [6.45, 7) is 10.0. The zero-order valence-electron chi connectivity index (χ0n) is 11.0. The van der Waals surface area contributed by atoms with Crippen molar-refractivity contribution < 1.29 is 9.53 Å². The van der Waals surface area contributed by atoms with Gasteiger partial charge in [0.2, 0.25) is 0 Å². The van der Waals surface area contributed by atoms with Crippen molar-refractivity contribution in [1.82, 2.24) is 5.32 Å². The number of ether oxygens (including phenoxy) is 1. The second-order valence-electron chi connectivity index (χ2n) is 5.83. The van der Waals surface area contributed by atoms with E-state index >= 15 is 0 Å². The Kier molecular flexibility index (Phi) is 4.78. The smallest absolute Gasteiger partial charge is 0.323 e. The minimum absolute atomic E-state index is 0.0210. The van der Waals surface area contributed by atoms with Crippen molar-refractivity contribution in [1.29, 1.82) is 0 Å². The van der Waals surface area contributed by atoms with Crippen LogP contribution in [-0.2, 0) is 9.53 Å². The van der Waals surface area contributed by atoms with Gasteiger partial charge in [0.05, 0.1) is 6.61 Å². The summed E-state index contributed by atoms with van der Waals surface area (Å²) in [5, 5.41) is 3.27. The first kappa shape index (κ1) is 13.5. The first-order valence-corrected chi connectivity index (χ1v) is 6.33. The highest BCUT2D eigenvalue weighted by atomic mass is 16.5. The van der Waals surface area contributed by atoms with Crippen LogP contribution in [0.2, 0.25) is 0 Å². The van der Waals surface area contributed by atoms with Gasteiger partial charge in [0.25, 0.3) is 0 Å². The van der Waals surface area contributed by atoms with Crippen molar-refractivity contribution in [2.75, 3.05) is 13.2 Å². The molecule has 0 radical (unpaired) electrons. The van der Waals surface area contributed by atoms with Gasteiger partial charge in [-0.2, -0.15) is 0 Å². The minimum Gasteiger partial charge on any atom is -0.465 e. The van der Waals surface area contributed by atoms with Crippen LogP contribution in [-0.4, -0.2) is 25.2 Å². The normalized spacial score (nSPS) is 24.4. The number of piperidine rings is 1. The van der Waals surface area contributed by atoms with Crippen molar-refractivity contribution in [2.45, 2.75) is 53.0 Å². The number of nitrogens with one attached hydrogen (secondary N) is 1. The SMILES string of the molecule is CC(C)CCOC(=O)C1NCCCC1(C)C. The second-order valence-corrected chi connectivity index (χ2v) is 5.83. The van der Waals surface area contributed by atoms with Crippen molar-refractivity contribution >= 4 is 5.97 Å². The zero-order valence-corrected chi connectivity index (χ0v) is 11.0. The number of rotatable bonds is 4. The lowest BCUT2D eigenvalue weighted by Gasteiger charge is -2.37. The van der Waals surface area contributed by atoms with E-state index in [-0.39, 0.29) is 17.4 Å². The molecule has 1 fully saturated rings. The van der Waals surface area contributed by atoms with Gasteiger partial charge in [0.15, 0.2) is 0 Å². The first-order chi connectivity index (χ1) is 7.43.